The number of carbonyl (C=O) groups is 2. The van der Waals surface area contributed by atoms with Crippen molar-refractivity contribution in [2.45, 2.75) is 13.0 Å². The molecule has 0 saturated carbocycles. The molecule has 0 fully saturated rings. The van der Waals surface area contributed by atoms with Crippen LogP contribution in [-0.2, 0) is 4.79 Å². The van der Waals surface area contributed by atoms with Gasteiger partial charge >= 0.3 is 5.97 Å². The highest BCUT2D eigenvalue weighted by molar-refractivity contribution is 6.30. The third-order valence-corrected chi connectivity index (χ3v) is 3.31. The zero-order valence-corrected chi connectivity index (χ0v) is 12.8. The first-order valence-electron chi connectivity index (χ1n) is 6.64. The number of aliphatic carboxylic acids is 1. The van der Waals surface area contributed by atoms with Crippen molar-refractivity contribution < 1.29 is 23.9 Å². The summed E-state index contributed by atoms with van der Waals surface area (Å²) in [5.74, 6) is -2.48. The minimum atomic E-state index is -1.26. The maximum Gasteiger partial charge on any atom is 0.329 e. The lowest BCUT2D eigenvalue weighted by Crippen LogP contribution is -2.45. The zero-order valence-electron chi connectivity index (χ0n) is 12.1. The Morgan fingerprint density at radius 1 is 1.22 bits per heavy atom. The molecule has 0 heterocycles. The van der Waals surface area contributed by atoms with Crippen molar-refractivity contribution in [3.63, 3.8) is 0 Å². The van der Waals surface area contributed by atoms with E-state index >= 15 is 0 Å². The molecule has 1 amide bonds. The van der Waals surface area contributed by atoms with Gasteiger partial charge in [-0.05, 0) is 31.2 Å². The van der Waals surface area contributed by atoms with Crippen LogP contribution in [0.1, 0.15) is 17.3 Å². The second-order valence-corrected chi connectivity index (χ2v) is 5.09. The molecule has 0 aliphatic heterocycles. The maximum atomic E-state index is 13.2. The van der Waals surface area contributed by atoms with E-state index in [2.05, 4.69) is 0 Å². The lowest BCUT2D eigenvalue weighted by Gasteiger charge is -2.26. The van der Waals surface area contributed by atoms with E-state index in [-0.39, 0.29) is 16.3 Å². The fraction of sp³-hybridized carbons (Fsp3) is 0.125. The maximum absolute atomic E-state index is 13.2. The summed E-state index contributed by atoms with van der Waals surface area (Å²) in [5.41, 5.74) is 0.258. The lowest BCUT2D eigenvalue weighted by molar-refractivity contribution is -0.151. The summed E-state index contributed by atoms with van der Waals surface area (Å²) in [4.78, 5) is 29.0. The number of amides is 1. The van der Waals surface area contributed by atoms with E-state index in [0.29, 0.717) is 5.06 Å². The molecule has 0 aromatic heterocycles. The van der Waals surface area contributed by atoms with E-state index in [0.717, 1.165) is 12.1 Å². The Kier molecular flexibility index (Phi) is 5.18. The Labute approximate surface area is 136 Å². The third-order valence-electron chi connectivity index (χ3n) is 3.02. The molecule has 1 atom stereocenters. The van der Waals surface area contributed by atoms with E-state index in [1.807, 2.05) is 0 Å². The monoisotopic (exact) mass is 337 g/mol. The molecule has 0 aliphatic carbocycles. The second kappa shape index (κ2) is 7.11. The van der Waals surface area contributed by atoms with Crippen LogP contribution in [0.4, 0.5) is 4.39 Å². The largest absolute Gasteiger partial charge is 0.480 e. The number of carboxylic acids is 1. The van der Waals surface area contributed by atoms with Crippen LogP contribution in [0.3, 0.4) is 0 Å². The average Bonchev–Trinajstić information content (AvgIpc) is 2.55. The number of nitrogens with zero attached hydrogens (tertiary/aromatic N) is 1. The van der Waals surface area contributed by atoms with Gasteiger partial charge in [0.25, 0.3) is 5.91 Å². The number of carbonyl (C=O) groups excluding carboxylic acids is 1. The van der Waals surface area contributed by atoms with E-state index in [1.54, 1.807) is 18.2 Å². The van der Waals surface area contributed by atoms with Crippen LogP contribution in [0.15, 0.2) is 48.5 Å². The van der Waals surface area contributed by atoms with Crippen LogP contribution < -0.4 is 4.84 Å². The Morgan fingerprint density at radius 2 is 1.87 bits per heavy atom. The predicted octanol–water partition coefficient (Wildman–Crippen LogP) is 3.39. The molecule has 0 spiro atoms. The number of halogens is 2. The van der Waals surface area contributed by atoms with Crippen LogP contribution in [0.2, 0.25) is 5.02 Å². The first-order valence-corrected chi connectivity index (χ1v) is 7.02. The van der Waals surface area contributed by atoms with Gasteiger partial charge in [0.15, 0.2) is 11.8 Å². The van der Waals surface area contributed by atoms with Crippen molar-refractivity contribution in [1.82, 2.24) is 5.06 Å². The third kappa shape index (κ3) is 3.98. The van der Waals surface area contributed by atoms with Crippen LogP contribution >= 0.6 is 11.6 Å². The van der Waals surface area contributed by atoms with Crippen molar-refractivity contribution in [2.24, 2.45) is 0 Å². The zero-order chi connectivity index (χ0) is 17.0. The number of hydrogen-bond donors (Lipinski definition) is 1. The Hall–Kier alpha value is -2.60. The van der Waals surface area contributed by atoms with Gasteiger partial charge in [0, 0.05) is 11.6 Å². The highest BCUT2D eigenvalue weighted by Crippen LogP contribution is 2.23. The van der Waals surface area contributed by atoms with Crippen LogP contribution in [-0.4, -0.2) is 28.1 Å². The summed E-state index contributed by atoms with van der Waals surface area (Å²) >= 11 is 5.66. The number of carboxylic acid groups (broad SMARTS) is 1. The van der Waals surface area contributed by atoms with Gasteiger partial charge in [0.1, 0.15) is 5.82 Å². The van der Waals surface area contributed by atoms with E-state index in [1.165, 1.54) is 25.1 Å². The van der Waals surface area contributed by atoms with Crippen LogP contribution in [0.5, 0.6) is 5.75 Å². The minimum absolute atomic E-state index is 0.0498. The number of hydroxylamine groups is 2. The summed E-state index contributed by atoms with van der Waals surface area (Å²) < 4.78 is 13.2. The second-order valence-electron chi connectivity index (χ2n) is 4.68. The molecule has 120 valence electrons. The molecule has 23 heavy (non-hydrogen) atoms. The molecule has 0 unspecified atom stereocenters. The summed E-state index contributed by atoms with van der Waals surface area (Å²) in [6.07, 6.45) is 0. The number of benzene rings is 2. The molecule has 0 bridgehead atoms. The van der Waals surface area contributed by atoms with Gasteiger partial charge in [-0.3, -0.25) is 4.79 Å². The van der Waals surface area contributed by atoms with E-state index in [9.17, 15) is 14.0 Å². The van der Waals surface area contributed by atoms with Crippen molar-refractivity contribution in [1.29, 1.82) is 0 Å². The van der Waals surface area contributed by atoms with Gasteiger partial charge in [-0.1, -0.05) is 29.8 Å². The van der Waals surface area contributed by atoms with Crippen molar-refractivity contribution >= 4 is 23.5 Å². The predicted molar refractivity (Wildman–Crippen MR) is 81.7 cm³/mol. The van der Waals surface area contributed by atoms with Crippen LogP contribution in [0.25, 0.3) is 0 Å². The van der Waals surface area contributed by atoms with Gasteiger partial charge in [0.05, 0.1) is 5.02 Å². The normalized spacial score (nSPS) is 11.6. The van der Waals surface area contributed by atoms with Crippen LogP contribution in [0, 0.1) is 5.82 Å². The molecular weight excluding hydrogens is 325 g/mol. The first-order chi connectivity index (χ1) is 10.9. The Balaban J connectivity index is 2.32. The van der Waals surface area contributed by atoms with Crippen molar-refractivity contribution in [2.75, 3.05) is 0 Å². The molecule has 2 rings (SSSR count). The summed E-state index contributed by atoms with van der Waals surface area (Å²) in [6.45, 7) is 1.30. The molecule has 0 saturated heterocycles. The average molecular weight is 338 g/mol. The molecule has 2 aromatic rings. The topological polar surface area (TPSA) is 66.8 Å². The standard InChI is InChI=1S/C16H13ClFNO4/c1-10(16(21)22)19(15(20)11-5-3-2-4-6-11)23-12-7-8-14(18)13(17)9-12/h2-10H,1H3,(H,21,22)/t10-/m0/s1. The molecule has 5 nitrogen and oxygen atoms in total. The Bertz CT molecular complexity index is 723. The SMILES string of the molecule is C[C@@H](C(=O)O)N(Oc1ccc(F)c(Cl)c1)C(=O)c1ccccc1. The highest BCUT2D eigenvalue weighted by Gasteiger charge is 2.29. The smallest absolute Gasteiger partial charge is 0.329 e. The van der Waals surface area contributed by atoms with Crippen molar-refractivity contribution in [3.8, 4) is 5.75 Å². The lowest BCUT2D eigenvalue weighted by atomic mass is 10.2. The fourth-order valence-corrected chi connectivity index (χ4v) is 1.92. The van der Waals surface area contributed by atoms with Gasteiger partial charge in [-0.25, -0.2) is 9.18 Å². The van der Waals surface area contributed by atoms with Gasteiger partial charge < -0.3 is 9.94 Å². The van der Waals surface area contributed by atoms with Gasteiger partial charge in [-0.15, -0.1) is 0 Å². The fourth-order valence-electron chi connectivity index (χ4n) is 1.75. The summed E-state index contributed by atoms with van der Waals surface area (Å²) in [5, 5.41) is 9.68. The Morgan fingerprint density at radius 3 is 2.43 bits per heavy atom. The number of hydrogen-bond acceptors (Lipinski definition) is 3. The molecule has 0 aliphatic rings. The summed E-state index contributed by atoms with van der Waals surface area (Å²) in [7, 11) is 0. The molecule has 0 radical (unpaired) electrons. The van der Waals surface area contributed by atoms with Gasteiger partial charge in [0.2, 0.25) is 0 Å². The minimum Gasteiger partial charge on any atom is -0.480 e. The highest BCUT2D eigenvalue weighted by atomic mass is 35.5. The molecule has 2 aromatic carbocycles. The quantitative estimate of drug-likeness (QED) is 0.849. The van der Waals surface area contributed by atoms with E-state index in [4.69, 9.17) is 21.5 Å². The summed E-state index contributed by atoms with van der Waals surface area (Å²) in [6, 6.07) is 10.3. The first kappa shape index (κ1) is 16.8. The van der Waals surface area contributed by atoms with Gasteiger partial charge in [-0.2, -0.15) is 5.06 Å². The van der Waals surface area contributed by atoms with Crippen molar-refractivity contribution in [3.05, 3.63) is 64.9 Å². The van der Waals surface area contributed by atoms with E-state index < -0.39 is 23.7 Å². The number of rotatable bonds is 5. The molecular formula is C16H13ClFNO4. The molecule has 7 heteroatoms. The molecule has 1 N–H and O–H groups in total.